The van der Waals surface area contributed by atoms with Crippen molar-refractivity contribution in [3.05, 3.63) is 0 Å². The molecule has 0 radical (unpaired) electrons. The fourth-order valence-electron chi connectivity index (χ4n) is 1.10. The summed E-state index contributed by atoms with van der Waals surface area (Å²) < 4.78 is 0. The molecule has 0 aromatic heterocycles. The van der Waals surface area contributed by atoms with Crippen LogP contribution < -0.4 is 0 Å². The number of hydrogen-bond acceptors (Lipinski definition) is 2. The van der Waals surface area contributed by atoms with Crippen molar-refractivity contribution in [2.24, 2.45) is 0 Å². The van der Waals surface area contributed by atoms with Crippen LogP contribution in [0.15, 0.2) is 0 Å². The number of rotatable bonds is 4. The Balaban J connectivity index is 3.85. The molecular formula is C8H17NO. The zero-order valence-electron chi connectivity index (χ0n) is 7.35. The van der Waals surface area contributed by atoms with Gasteiger partial charge >= 0.3 is 0 Å². The van der Waals surface area contributed by atoms with Gasteiger partial charge in [-0.25, -0.2) is 0 Å². The first-order valence-corrected chi connectivity index (χ1v) is 3.76. The van der Waals surface area contributed by atoms with Gasteiger partial charge in [0.2, 0.25) is 0 Å². The highest BCUT2D eigenvalue weighted by atomic mass is 16.1. The van der Waals surface area contributed by atoms with Crippen LogP contribution in [-0.4, -0.2) is 30.8 Å². The lowest BCUT2D eigenvalue weighted by Crippen LogP contribution is -2.33. The van der Waals surface area contributed by atoms with Crippen molar-refractivity contribution in [1.82, 2.24) is 4.90 Å². The van der Waals surface area contributed by atoms with E-state index in [0.29, 0.717) is 0 Å². The van der Waals surface area contributed by atoms with Crippen LogP contribution in [-0.2, 0) is 4.79 Å². The van der Waals surface area contributed by atoms with Gasteiger partial charge in [-0.15, -0.1) is 0 Å². The van der Waals surface area contributed by atoms with E-state index in [1.165, 1.54) is 0 Å². The number of nitrogens with zero attached hydrogens (tertiary/aromatic N) is 1. The SMILES string of the molecule is CCC[C@@H](C(C)=O)N(C)C. The second-order valence-corrected chi connectivity index (χ2v) is 2.88. The van der Waals surface area contributed by atoms with E-state index in [4.69, 9.17) is 0 Å². The van der Waals surface area contributed by atoms with Gasteiger partial charge in [0, 0.05) is 0 Å². The van der Waals surface area contributed by atoms with Crippen LogP contribution in [0.3, 0.4) is 0 Å². The molecule has 0 fully saturated rings. The van der Waals surface area contributed by atoms with Crippen LogP contribution in [0.2, 0.25) is 0 Å². The smallest absolute Gasteiger partial charge is 0.146 e. The molecule has 0 unspecified atom stereocenters. The molecule has 1 atom stereocenters. The number of carbonyl (C=O) groups excluding carboxylic acids is 1. The maximum absolute atomic E-state index is 10.9. The number of ketones is 1. The van der Waals surface area contributed by atoms with Crippen molar-refractivity contribution in [2.75, 3.05) is 14.1 Å². The summed E-state index contributed by atoms with van der Waals surface area (Å²) in [5.41, 5.74) is 0. The van der Waals surface area contributed by atoms with Gasteiger partial charge in [0.05, 0.1) is 6.04 Å². The van der Waals surface area contributed by atoms with Crippen LogP contribution in [0.5, 0.6) is 0 Å². The first-order chi connectivity index (χ1) is 4.59. The molecule has 0 N–H and O–H groups in total. The molecule has 0 aliphatic carbocycles. The molecule has 0 aliphatic rings. The van der Waals surface area contributed by atoms with Gasteiger partial charge in [-0.2, -0.15) is 0 Å². The third-order valence-electron chi connectivity index (χ3n) is 1.65. The zero-order chi connectivity index (χ0) is 8.15. The van der Waals surface area contributed by atoms with Crippen LogP contribution in [0.4, 0.5) is 0 Å². The highest BCUT2D eigenvalue weighted by Crippen LogP contribution is 2.03. The van der Waals surface area contributed by atoms with E-state index in [2.05, 4.69) is 6.92 Å². The van der Waals surface area contributed by atoms with Crippen molar-refractivity contribution in [3.63, 3.8) is 0 Å². The lowest BCUT2D eigenvalue weighted by molar-refractivity contribution is -0.121. The Hall–Kier alpha value is -0.370. The number of hydrogen-bond donors (Lipinski definition) is 0. The van der Waals surface area contributed by atoms with Crippen LogP contribution >= 0.6 is 0 Å². The molecule has 2 heteroatoms. The molecule has 0 saturated heterocycles. The summed E-state index contributed by atoms with van der Waals surface area (Å²) in [6, 6.07) is 0.130. The van der Waals surface area contributed by atoms with Gasteiger partial charge in [-0.3, -0.25) is 9.69 Å². The second-order valence-electron chi connectivity index (χ2n) is 2.88. The number of likely N-dealkylation sites (N-methyl/N-ethyl adjacent to an activating group) is 1. The summed E-state index contributed by atoms with van der Waals surface area (Å²) in [4.78, 5) is 12.9. The van der Waals surface area contributed by atoms with Gasteiger partial charge in [-0.05, 0) is 27.4 Å². The molecule has 0 aromatic carbocycles. The van der Waals surface area contributed by atoms with Gasteiger partial charge < -0.3 is 0 Å². The normalized spacial score (nSPS) is 13.7. The second kappa shape index (κ2) is 4.45. The number of Topliss-reactive ketones (excluding diaryl/α,β-unsaturated/α-hetero) is 1. The summed E-state index contributed by atoms with van der Waals surface area (Å²) in [5.74, 6) is 0.270. The van der Waals surface area contributed by atoms with E-state index in [-0.39, 0.29) is 11.8 Å². The lowest BCUT2D eigenvalue weighted by Gasteiger charge is -2.20. The molecular weight excluding hydrogens is 126 g/mol. The van der Waals surface area contributed by atoms with E-state index in [1.54, 1.807) is 6.92 Å². The maximum Gasteiger partial charge on any atom is 0.146 e. The van der Waals surface area contributed by atoms with Crippen molar-refractivity contribution in [2.45, 2.75) is 32.7 Å². The molecule has 10 heavy (non-hydrogen) atoms. The molecule has 0 saturated carbocycles. The summed E-state index contributed by atoms with van der Waals surface area (Å²) in [6.45, 7) is 3.75. The van der Waals surface area contributed by atoms with Gasteiger partial charge in [0.15, 0.2) is 0 Å². The molecule has 0 aliphatic heterocycles. The van der Waals surface area contributed by atoms with Crippen LogP contribution in [0.25, 0.3) is 0 Å². The molecule has 2 nitrogen and oxygen atoms in total. The molecule has 0 aromatic rings. The minimum absolute atomic E-state index is 0.130. The zero-order valence-corrected chi connectivity index (χ0v) is 7.35. The summed E-state index contributed by atoms with van der Waals surface area (Å²) >= 11 is 0. The summed E-state index contributed by atoms with van der Waals surface area (Å²) in [5, 5.41) is 0. The van der Waals surface area contributed by atoms with E-state index in [1.807, 2.05) is 19.0 Å². The quantitative estimate of drug-likeness (QED) is 0.591. The minimum atomic E-state index is 0.130. The first kappa shape index (κ1) is 9.63. The number of carbonyl (C=O) groups is 1. The van der Waals surface area contributed by atoms with Crippen molar-refractivity contribution >= 4 is 5.78 Å². The largest absolute Gasteiger partial charge is 0.300 e. The summed E-state index contributed by atoms with van der Waals surface area (Å²) in [7, 11) is 3.89. The monoisotopic (exact) mass is 143 g/mol. The van der Waals surface area contributed by atoms with E-state index in [9.17, 15) is 4.79 Å². The molecule has 0 spiro atoms. The third-order valence-corrected chi connectivity index (χ3v) is 1.65. The highest BCUT2D eigenvalue weighted by molar-refractivity contribution is 5.81. The van der Waals surface area contributed by atoms with Crippen molar-refractivity contribution in [1.29, 1.82) is 0 Å². The van der Waals surface area contributed by atoms with E-state index < -0.39 is 0 Å². The van der Waals surface area contributed by atoms with E-state index in [0.717, 1.165) is 12.8 Å². The Labute approximate surface area is 63.2 Å². The molecule has 0 amide bonds. The van der Waals surface area contributed by atoms with E-state index >= 15 is 0 Å². The molecule has 0 rings (SSSR count). The topological polar surface area (TPSA) is 20.3 Å². The average Bonchev–Trinajstić information content (AvgIpc) is 1.81. The molecule has 0 heterocycles. The molecule has 0 bridgehead atoms. The van der Waals surface area contributed by atoms with Crippen LogP contribution in [0, 0.1) is 0 Å². The maximum atomic E-state index is 10.9. The molecule has 60 valence electrons. The minimum Gasteiger partial charge on any atom is -0.300 e. The highest BCUT2D eigenvalue weighted by Gasteiger charge is 2.14. The first-order valence-electron chi connectivity index (χ1n) is 3.76. The van der Waals surface area contributed by atoms with Gasteiger partial charge in [-0.1, -0.05) is 13.3 Å². The predicted molar refractivity (Wildman–Crippen MR) is 43.1 cm³/mol. The third kappa shape index (κ3) is 2.97. The Morgan fingerprint density at radius 2 is 2.00 bits per heavy atom. The van der Waals surface area contributed by atoms with Crippen molar-refractivity contribution in [3.8, 4) is 0 Å². The van der Waals surface area contributed by atoms with Crippen LogP contribution in [0.1, 0.15) is 26.7 Å². The Kier molecular flexibility index (Phi) is 4.28. The average molecular weight is 143 g/mol. The lowest BCUT2D eigenvalue weighted by atomic mass is 10.1. The van der Waals surface area contributed by atoms with Gasteiger partial charge in [0.1, 0.15) is 5.78 Å². The van der Waals surface area contributed by atoms with Gasteiger partial charge in [0.25, 0.3) is 0 Å². The fourth-order valence-corrected chi connectivity index (χ4v) is 1.10. The summed E-state index contributed by atoms with van der Waals surface area (Å²) in [6.07, 6.45) is 2.05. The predicted octanol–water partition coefficient (Wildman–Crippen LogP) is 1.31. The standard InChI is InChI=1S/C8H17NO/c1-5-6-8(7(2)10)9(3)4/h8H,5-6H2,1-4H3/t8-/m0/s1. The Bertz CT molecular complexity index is 110. The Morgan fingerprint density at radius 3 is 2.10 bits per heavy atom. The van der Waals surface area contributed by atoms with Crippen molar-refractivity contribution < 1.29 is 4.79 Å². The Morgan fingerprint density at radius 1 is 1.50 bits per heavy atom. The fraction of sp³-hybridized carbons (Fsp3) is 0.875.